The molecule has 0 aliphatic carbocycles. The maximum absolute atomic E-state index is 12.7. The third-order valence-corrected chi connectivity index (χ3v) is 4.40. The van der Waals surface area contributed by atoms with Gasteiger partial charge in [0, 0.05) is 16.6 Å². The first-order valence-electron chi connectivity index (χ1n) is 8.04. The molecule has 0 radical (unpaired) electrons. The van der Waals surface area contributed by atoms with Crippen molar-refractivity contribution >= 4 is 29.1 Å². The number of carbonyl (C=O) groups is 1. The van der Waals surface area contributed by atoms with Gasteiger partial charge in [-0.2, -0.15) is 0 Å². The van der Waals surface area contributed by atoms with E-state index in [0.29, 0.717) is 34.6 Å². The summed E-state index contributed by atoms with van der Waals surface area (Å²) in [6.07, 6.45) is 1.58. The lowest BCUT2D eigenvalue weighted by atomic mass is 10.2. The molecule has 6 heteroatoms. The van der Waals surface area contributed by atoms with Crippen LogP contribution in [0.3, 0.4) is 0 Å². The van der Waals surface area contributed by atoms with Crippen molar-refractivity contribution in [1.29, 1.82) is 0 Å². The number of halogens is 2. The van der Waals surface area contributed by atoms with Crippen LogP contribution in [0.5, 0.6) is 5.75 Å². The van der Waals surface area contributed by atoms with E-state index in [0.717, 1.165) is 5.56 Å². The van der Waals surface area contributed by atoms with Gasteiger partial charge in [-0.3, -0.25) is 4.79 Å². The summed E-state index contributed by atoms with van der Waals surface area (Å²) < 4.78 is 11.0. The maximum atomic E-state index is 12.7. The second kappa shape index (κ2) is 8.79. The Kier molecular flexibility index (Phi) is 6.21. The molecule has 0 aliphatic rings. The number of rotatable bonds is 7. The van der Waals surface area contributed by atoms with Crippen LogP contribution in [-0.4, -0.2) is 17.4 Å². The monoisotopic (exact) mass is 389 g/mol. The molecule has 0 saturated carbocycles. The Morgan fingerprint density at radius 1 is 0.962 bits per heavy atom. The van der Waals surface area contributed by atoms with Gasteiger partial charge in [-0.15, -0.1) is 0 Å². The van der Waals surface area contributed by atoms with Crippen LogP contribution in [0.15, 0.2) is 71.3 Å². The molecular formula is C20H17Cl2NO3. The van der Waals surface area contributed by atoms with Crippen LogP contribution in [0, 0.1) is 0 Å². The van der Waals surface area contributed by atoms with Crippen LogP contribution in [0.2, 0.25) is 10.0 Å². The fourth-order valence-electron chi connectivity index (χ4n) is 2.42. The van der Waals surface area contributed by atoms with Crippen LogP contribution in [0.4, 0.5) is 0 Å². The van der Waals surface area contributed by atoms with Crippen LogP contribution in [0.25, 0.3) is 0 Å². The molecule has 3 aromatic rings. The highest BCUT2D eigenvalue weighted by molar-refractivity contribution is 6.31. The highest BCUT2D eigenvalue weighted by Crippen LogP contribution is 2.20. The summed E-state index contributed by atoms with van der Waals surface area (Å²) in [6, 6.07) is 17.9. The third kappa shape index (κ3) is 5.04. The molecule has 0 N–H and O–H groups in total. The lowest BCUT2D eigenvalue weighted by molar-refractivity contribution is -0.134. The zero-order chi connectivity index (χ0) is 18.4. The van der Waals surface area contributed by atoms with Crippen molar-refractivity contribution in [2.45, 2.75) is 13.1 Å². The lowest BCUT2D eigenvalue weighted by Gasteiger charge is -2.22. The molecule has 26 heavy (non-hydrogen) atoms. The first-order chi connectivity index (χ1) is 12.6. The number of hydrogen-bond acceptors (Lipinski definition) is 3. The summed E-state index contributed by atoms with van der Waals surface area (Å²) in [7, 11) is 0. The van der Waals surface area contributed by atoms with Gasteiger partial charge in [-0.1, -0.05) is 41.4 Å². The van der Waals surface area contributed by atoms with E-state index < -0.39 is 0 Å². The molecule has 0 bridgehead atoms. The number of furan rings is 1. The minimum atomic E-state index is -0.170. The van der Waals surface area contributed by atoms with E-state index in [4.69, 9.17) is 32.4 Å². The minimum Gasteiger partial charge on any atom is -0.484 e. The third-order valence-electron chi connectivity index (χ3n) is 3.77. The molecule has 0 unspecified atom stereocenters. The summed E-state index contributed by atoms with van der Waals surface area (Å²) in [6.45, 7) is 0.608. The molecule has 3 rings (SSSR count). The number of nitrogens with zero attached hydrogens (tertiary/aromatic N) is 1. The number of hydrogen-bond donors (Lipinski definition) is 0. The van der Waals surface area contributed by atoms with Crippen molar-refractivity contribution in [2.24, 2.45) is 0 Å². The molecule has 0 spiro atoms. The van der Waals surface area contributed by atoms with E-state index in [-0.39, 0.29) is 12.5 Å². The maximum Gasteiger partial charge on any atom is 0.261 e. The molecule has 134 valence electrons. The van der Waals surface area contributed by atoms with E-state index in [1.165, 1.54) is 0 Å². The van der Waals surface area contributed by atoms with Crippen molar-refractivity contribution < 1.29 is 13.9 Å². The van der Waals surface area contributed by atoms with Gasteiger partial charge in [0.15, 0.2) is 6.61 Å². The Balaban J connectivity index is 1.70. The van der Waals surface area contributed by atoms with Gasteiger partial charge >= 0.3 is 0 Å². The summed E-state index contributed by atoms with van der Waals surface area (Å²) in [4.78, 5) is 14.4. The molecule has 0 saturated heterocycles. The van der Waals surface area contributed by atoms with Gasteiger partial charge in [0.2, 0.25) is 0 Å². The Hall–Kier alpha value is -2.43. The lowest BCUT2D eigenvalue weighted by Crippen LogP contribution is -2.34. The summed E-state index contributed by atoms with van der Waals surface area (Å²) in [5, 5.41) is 1.23. The molecule has 4 nitrogen and oxygen atoms in total. The van der Waals surface area contributed by atoms with E-state index in [9.17, 15) is 4.79 Å². The topological polar surface area (TPSA) is 42.7 Å². The Morgan fingerprint density at radius 2 is 1.73 bits per heavy atom. The number of benzene rings is 2. The van der Waals surface area contributed by atoms with Crippen LogP contribution in [-0.2, 0) is 17.9 Å². The molecule has 0 aliphatic heterocycles. The standard InChI is InChI=1S/C20H17Cl2NO3/c21-16-7-9-17(10-8-16)26-14-20(24)23(13-18-5-3-11-25-18)12-15-4-1-2-6-19(15)22/h1-11H,12-14H2. The minimum absolute atomic E-state index is 0.0905. The Morgan fingerprint density at radius 3 is 2.42 bits per heavy atom. The second-order valence-electron chi connectivity index (χ2n) is 5.66. The first kappa shape index (κ1) is 18.4. The van der Waals surface area contributed by atoms with Gasteiger partial charge in [-0.05, 0) is 48.0 Å². The number of ether oxygens (including phenoxy) is 1. The van der Waals surface area contributed by atoms with E-state index in [1.807, 2.05) is 24.3 Å². The molecule has 1 amide bonds. The average molecular weight is 390 g/mol. The summed E-state index contributed by atoms with van der Waals surface area (Å²) >= 11 is 12.1. The highest BCUT2D eigenvalue weighted by atomic mass is 35.5. The Bertz CT molecular complexity index is 848. The van der Waals surface area contributed by atoms with Crippen LogP contribution < -0.4 is 4.74 Å². The summed E-state index contributed by atoms with van der Waals surface area (Å²) in [5.41, 5.74) is 0.862. The number of carbonyl (C=O) groups excluding carboxylic acids is 1. The van der Waals surface area contributed by atoms with Gasteiger partial charge in [0.05, 0.1) is 12.8 Å². The van der Waals surface area contributed by atoms with E-state index in [1.54, 1.807) is 47.6 Å². The summed E-state index contributed by atoms with van der Waals surface area (Å²) in [5.74, 6) is 1.10. The highest BCUT2D eigenvalue weighted by Gasteiger charge is 2.18. The first-order valence-corrected chi connectivity index (χ1v) is 8.79. The van der Waals surface area contributed by atoms with Gasteiger partial charge < -0.3 is 14.1 Å². The second-order valence-corrected chi connectivity index (χ2v) is 6.51. The zero-order valence-electron chi connectivity index (χ0n) is 13.9. The van der Waals surface area contributed by atoms with E-state index >= 15 is 0 Å². The molecule has 2 aromatic carbocycles. The van der Waals surface area contributed by atoms with Crippen molar-refractivity contribution in [2.75, 3.05) is 6.61 Å². The van der Waals surface area contributed by atoms with Crippen LogP contribution >= 0.6 is 23.2 Å². The fraction of sp³-hybridized carbons (Fsp3) is 0.150. The largest absolute Gasteiger partial charge is 0.484 e. The molecule has 0 fully saturated rings. The molecule has 0 atom stereocenters. The van der Waals surface area contributed by atoms with Crippen LogP contribution in [0.1, 0.15) is 11.3 Å². The molecular weight excluding hydrogens is 373 g/mol. The smallest absolute Gasteiger partial charge is 0.261 e. The fourth-order valence-corrected chi connectivity index (χ4v) is 2.74. The van der Waals surface area contributed by atoms with Gasteiger partial charge in [-0.25, -0.2) is 0 Å². The SMILES string of the molecule is O=C(COc1ccc(Cl)cc1)N(Cc1ccco1)Cc1ccccc1Cl. The van der Waals surface area contributed by atoms with Crippen molar-refractivity contribution in [3.8, 4) is 5.75 Å². The molecule has 1 aromatic heterocycles. The molecule has 1 heterocycles. The van der Waals surface area contributed by atoms with Crippen molar-refractivity contribution in [3.63, 3.8) is 0 Å². The number of amides is 1. The predicted molar refractivity (Wildman–Crippen MR) is 101 cm³/mol. The predicted octanol–water partition coefficient (Wildman–Crippen LogP) is 5.19. The Labute approximate surface area is 161 Å². The zero-order valence-corrected chi connectivity index (χ0v) is 15.4. The quantitative estimate of drug-likeness (QED) is 0.557. The average Bonchev–Trinajstić information content (AvgIpc) is 3.15. The van der Waals surface area contributed by atoms with Gasteiger partial charge in [0.25, 0.3) is 5.91 Å². The van der Waals surface area contributed by atoms with Crippen molar-refractivity contribution in [3.05, 3.63) is 88.3 Å². The van der Waals surface area contributed by atoms with E-state index in [2.05, 4.69) is 0 Å². The van der Waals surface area contributed by atoms with Crippen molar-refractivity contribution in [1.82, 2.24) is 4.90 Å². The van der Waals surface area contributed by atoms with Gasteiger partial charge in [0.1, 0.15) is 11.5 Å². The normalized spacial score (nSPS) is 10.5.